The summed E-state index contributed by atoms with van der Waals surface area (Å²) in [5.41, 5.74) is 8.22. The number of nitriles is 1. The Hall–Kier alpha value is -7.36. The molecular formula is C50H30F3N3. The zero-order valence-electron chi connectivity index (χ0n) is 29.8. The van der Waals surface area contributed by atoms with Gasteiger partial charge in [0.15, 0.2) is 0 Å². The van der Waals surface area contributed by atoms with Crippen molar-refractivity contribution in [3.05, 3.63) is 193 Å². The molecule has 0 unspecified atom stereocenters. The minimum absolute atomic E-state index is 0.00711. The van der Waals surface area contributed by atoms with E-state index in [1.807, 2.05) is 95.6 Å². The van der Waals surface area contributed by atoms with E-state index in [1.54, 1.807) is 24.3 Å². The van der Waals surface area contributed by atoms with Gasteiger partial charge < -0.3 is 9.13 Å². The van der Waals surface area contributed by atoms with E-state index >= 15 is 13.2 Å². The first-order valence-corrected chi connectivity index (χ1v) is 18.3. The summed E-state index contributed by atoms with van der Waals surface area (Å²) in [4.78, 5) is 0. The third-order valence-electron chi connectivity index (χ3n) is 10.8. The molecule has 0 N–H and O–H groups in total. The van der Waals surface area contributed by atoms with Crippen LogP contribution in [-0.4, -0.2) is 9.13 Å². The summed E-state index contributed by atoms with van der Waals surface area (Å²) >= 11 is 0. The van der Waals surface area contributed by atoms with E-state index in [1.165, 1.54) is 12.1 Å². The molecule has 0 bridgehead atoms. The molecule has 0 radical (unpaired) electrons. The summed E-state index contributed by atoms with van der Waals surface area (Å²) in [6.45, 7) is 0. The molecule has 10 rings (SSSR count). The van der Waals surface area contributed by atoms with Crippen molar-refractivity contribution in [1.29, 1.82) is 5.26 Å². The van der Waals surface area contributed by atoms with Crippen molar-refractivity contribution >= 4 is 43.6 Å². The van der Waals surface area contributed by atoms with Gasteiger partial charge in [0.2, 0.25) is 0 Å². The predicted octanol–water partition coefficient (Wildman–Crippen LogP) is 13.8. The maximum absolute atomic E-state index is 15.5. The number of hydrogen-bond acceptors (Lipinski definition) is 1. The number of alkyl halides is 3. The van der Waals surface area contributed by atoms with Gasteiger partial charge in [-0.25, -0.2) is 0 Å². The van der Waals surface area contributed by atoms with E-state index in [2.05, 4.69) is 65.2 Å². The number of rotatable bonds is 5. The van der Waals surface area contributed by atoms with Crippen molar-refractivity contribution in [1.82, 2.24) is 9.13 Å². The fourth-order valence-corrected chi connectivity index (χ4v) is 8.25. The fraction of sp³-hybridized carbons (Fsp3) is 0.0200. The van der Waals surface area contributed by atoms with Crippen LogP contribution in [0.4, 0.5) is 13.2 Å². The second kappa shape index (κ2) is 12.9. The third kappa shape index (κ3) is 5.36. The van der Waals surface area contributed by atoms with Crippen molar-refractivity contribution in [2.24, 2.45) is 0 Å². The molecule has 0 saturated carbocycles. The second-order valence-electron chi connectivity index (χ2n) is 14.0. The molecule has 6 heteroatoms. The highest BCUT2D eigenvalue weighted by Crippen LogP contribution is 2.45. The molecule has 266 valence electrons. The maximum atomic E-state index is 15.5. The molecule has 0 aliphatic carbocycles. The zero-order valence-corrected chi connectivity index (χ0v) is 29.8. The second-order valence-corrected chi connectivity index (χ2v) is 14.0. The average molecular weight is 730 g/mol. The summed E-state index contributed by atoms with van der Waals surface area (Å²) in [5, 5.41) is 13.6. The summed E-state index contributed by atoms with van der Waals surface area (Å²) in [6, 6.07) is 60.1. The molecule has 2 heterocycles. The maximum Gasteiger partial charge on any atom is 0.417 e. The van der Waals surface area contributed by atoms with Crippen molar-refractivity contribution in [2.45, 2.75) is 6.18 Å². The molecule has 0 saturated heterocycles. The number of fused-ring (bicyclic) bond motifs is 6. The summed E-state index contributed by atoms with van der Waals surface area (Å²) in [5.74, 6) is 0. The molecule has 0 aliphatic rings. The zero-order chi connectivity index (χ0) is 38.0. The van der Waals surface area contributed by atoms with Gasteiger partial charge in [0.05, 0.1) is 50.6 Å². The highest BCUT2D eigenvalue weighted by Gasteiger charge is 2.36. The number of para-hydroxylation sites is 2. The summed E-state index contributed by atoms with van der Waals surface area (Å²) < 4.78 is 50.6. The van der Waals surface area contributed by atoms with Gasteiger partial charge in [-0.1, -0.05) is 121 Å². The molecular weight excluding hydrogens is 700 g/mol. The van der Waals surface area contributed by atoms with Crippen molar-refractivity contribution < 1.29 is 13.2 Å². The molecule has 0 spiro atoms. The lowest BCUT2D eigenvalue weighted by Gasteiger charge is -2.22. The van der Waals surface area contributed by atoms with Crippen molar-refractivity contribution in [3.63, 3.8) is 0 Å². The first-order chi connectivity index (χ1) is 27.4. The van der Waals surface area contributed by atoms with Crippen LogP contribution >= 0.6 is 0 Å². The largest absolute Gasteiger partial charge is 0.417 e. The summed E-state index contributed by atoms with van der Waals surface area (Å²) in [7, 11) is 0. The normalized spacial score (nSPS) is 11.8. The Bertz CT molecular complexity index is 3180. The minimum Gasteiger partial charge on any atom is -0.307 e. The van der Waals surface area contributed by atoms with Crippen LogP contribution in [0.5, 0.6) is 0 Å². The van der Waals surface area contributed by atoms with E-state index in [4.69, 9.17) is 0 Å². The number of halogens is 3. The van der Waals surface area contributed by atoms with Crippen LogP contribution in [0.25, 0.3) is 88.4 Å². The van der Waals surface area contributed by atoms with E-state index < -0.39 is 11.7 Å². The third-order valence-corrected chi connectivity index (χ3v) is 10.8. The van der Waals surface area contributed by atoms with Gasteiger partial charge >= 0.3 is 6.18 Å². The molecule has 0 aliphatic heterocycles. The van der Waals surface area contributed by atoms with Gasteiger partial charge in [-0.3, -0.25) is 0 Å². The lowest BCUT2D eigenvalue weighted by atomic mass is 9.95. The smallest absolute Gasteiger partial charge is 0.307 e. The van der Waals surface area contributed by atoms with Gasteiger partial charge in [0.1, 0.15) is 0 Å². The lowest BCUT2D eigenvalue weighted by molar-refractivity contribution is -0.137. The number of aromatic nitrogens is 2. The van der Waals surface area contributed by atoms with Crippen molar-refractivity contribution in [3.8, 4) is 50.8 Å². The first kappa shape index (κ1) is 33.2. The van der Waals surface area contributed by atoms with Gasteiger partial charge in [0, 0.05) is 21.5 Å². The monoisotopic (exact) mass is 729 g/mol. The minimum atomic E-state index is -4.71. The molecule has 0 atom stereocenters. The van der Waals surface area contributed by atoms with Gasteiger partial charge in [0.25, 0.3) is 0 Å². The quantitative estimate of drug-likeness (QED) is 0.174. The van der Waals surface area contributed by atoms with Crippen LogP contribution in [0, 0.1) is 11.3 Å². The number of benzene rings is 8. The van der Waals surface area contributed by atoms with Crippen LogP contribution in [0.1, 0.15) is 11.1 Å². The Morgan fingerprint density at radius 2 is 0.857 bits per heavy atom. The van der Waals surface area contributed by atoms with Crippen LogP contribution in [0.2, 0.25) is 0 Å². The summed E-state index contributed by atoms with van der Waals surface area (Å²) in [6.07, 6.45) is -4.71. The van der Waals surface area contributed by atoms with Crippen LogP contribution in [0.15, 0.2) is 182 Å². The standard InChI is InChI=1S/C50H30F3N3/c51-50(52,53)43-30-49(56-45-21-10-8-19-39(45)42-28-36(23-25-47(42)56)34-15-5-2-6-16-34)48(29-40(43)37-17-11-12-32(26-37)31-54)55-44-20-9-7-18-38(44)41-27-35(22-24-46(41)55)33-13-3-1-4-14-33/h1-30H. The Labute approximate surface area is 320 Å². The average Bonchev–Trinajstić information content (AvgIpc) is 3.75. The van der Waals surface area contributed by atoms with Crippen LogP contribution in [0.3, 0.4) is 0 Å². The Morgan fingerprint density at radius 1 is 0.393 bits per heavy atom. The van der Waals surface area contributed by atoms with Gasteiger partial charge in [-0.15, -0.1) is 0 Å². The Balaban J connectivity index is 1.35. The molecule has 8 aromatic carbocycles. The molecule has 3 nitrogen and oxygen atoms in total. The molecule has 0 amide bonds. The van der Waals surface area contributed by atoms with E-state index in [0.717, 1.165) is 65.9 Å². The van der Waals surface area contributed by atoms with E-state index in [9.17, 15) is 5.26 Å². The molecule has 0 fully saturated rings. The topological polar surface area (TPSA) is 33.6 Å². The molecule has 56 heavy (non-hydrogen) atoms. The predicted molar refractivity (Wildman–Crippen MR) is 221 cm³/mol. The van der Waals surface area contributed by atoms with Crippen LogP contribution in [-0.2, 0) is 6.18 Å². The first-order valence-electron chi connectivity index (χ1n) is 18.3. The van der Waals surface area contributed by atoms with Crippen LogP contribution < -0.4 is 0 Å². The number of hydrogen-bond donors (Lipinski definition) is 0. The van der Waals surface area contributed by atoms with Gasteiger partial charge in [-0.2, -0.15) is 18.4 Å². The van der Waals surface area contributed by atoms with E-state index in [-0.39, 0.29) is 11.1 Å². The highest BCUT2D eigenvalue weighted by atomic mass is 19.4. The fourth-order valence-electron chi connectivity index (χ4n) is 8.25. The SMILES string of the molecule is N#Cc1cccc(-c2cc(-n3c4ccccc4c4cc(-c5ccccc5)ccc43)c(-n3c4ccccc4c4cc(-c5ccccc5)ccc43)cc2C(F)(F)F)c1. The molecule has 2 aromatic heterocycles. The Kier molecular flexibility index (Phi) is 7.65. The van der Waals surface area contributed by atoms with Crippen molar-refractivity contribution in [2.75, 3.05) is 0 Å². The Morgan fingerprint density at radius 3 is 1.38 bits per heavy atom. The molecule has 10 aromatic rings. The number of nitrogens with zero attached hydrogens (tertiary/aromatic N) is 3. The van der Waals surface area contributed by atoms with Gasteiger partial charge in [-0.05, 0) is 94.0 Å². The lowest BCUT2D eigenvalue weighted by Crippen LogP contribution is -2.12. The van der Waals surface area contributed by atoms with E-state index in [0.29, 0.717) is 16.9 Å². The highest BCUT2D eigenvalue weighted by molar-refractivity contribution is 6.13.